The SMILES string of the molecule is Cc1cc(COc2ccc(C[C@]3(C#N)C[C@@H]3C(=O)NO)cc2)c2ccccc2n1.NC(=O)[C@@]1(Cc2ccc(OCc3cc(-c4ccccc4Cl)nc4ccccc34)c(F)c2)C[C@@H]1C(=O)NO.NC(=O)[C@@]1(Cc2ccc(OCc3cc(C4CC4)nc4ccccc34)c(F)c2)C[C@@H]1C(=O)NO. The maximum absolute atomic E-state index is 15.0. The number of nitrogens with two attached hydrogens (primary N) is 2. The van der Waals surface area contributed by atoms with Crippen LogP contribution in [0.3, 0.4) is 0 Å². The van der Waals surface area contributed by atoms with E-state index in [-0.39, 0.29) is 50.4 Å². The Morgan fingerprint density at radius 2 is 1.00 bits per heavy atom. The maximum Gasteiger partial charge on any atom is 0.248 e. The topological polar surface area (TPSA) is 324 Å². The number of halogens is 3. The summed E-state index contributed by atoms with van der Waals surface area (Å²) >= 11 is 6.39. The van der Waals surface area contributed by atoms with E-state index >= 15 is 0 Å². The van der Waals surface area contributed by atoms with Gasteiger partial charge in [0.1, 0.15) is 25.6 Å². The minimum atomic E-state index is -1.15. The molecule has 504 valence electrons. The molecule has 23 heteroatoms. The van der Waals surface area contributed by atoms with Crippen LogP contribution >= 0.6 is 11.6 Å². The summed E-state index contributed by atoms with van der Waals surface area (Å²) in [5.74, 6) is -4.89. The fourth-order valence-electron chi connectivity index (χ4n) is 13.1. The lowest BCUT2D eigenvalue weighted by Gasteiger charge is -2.15. The van der Waals surface area contributed by atoms with E-state index in [1.165, 1.54) is 24.3 Å². The predicted molar refractivity (Wildman–Crippen MR) is 361 cm³/mol. The van der Waals surface area contributed by atoms with Gasteiger partial charge in [-0.15, -0.1) is 0 Å². The molecule has 0 aliphatic heterocycles. The molecule has 0 spiro atoms. The number of carbonyl (C=O) groups excluding carboxylic acids is 5. The highest BCUT2D eigenvalue weighted by Crippen LogP contribution is 2.57. The zero-order valence-corrected chi connectivity index (χ0v) is 54.3. The van der Waals surface area contributed by atoms with Crippen LogP contribution < -0.4 is 42.1 Å². The Balaban J connectivity index is 0.000000142. The highest BCUT2D eigenvalue weighted by atomic mass is 35.5. The highest BCUT2D eigenvalue weighted by molar-refractivity contribution is 6.33. The molecule has 0 radical (unpaired) electrons. The van der Waals surface area contributed by atoms with E-state index in [4.69, 9.17) is 62.9 Å². The summed E-state index contributed by atoms with van der Waals surface area (Å²) in [4.78, 5) is 73.1. The number of benzene rings is 7. The van der Waals surface area contributed by atoms with Crippen molar-refractivity contribution >= 4 is 73.8 Å². The average Bonchev–Trinajstić information content (AvgIpc) is 1.60. The van der Waals surface area contributed by atoms with Crippen LogP contribution in [0.1, 0.15) is 82.8 Å². The van der Waals surface area contributed by atoms with Gasteiger partial charge in [-0.05, 0) is 154 Å². The third kappa shape index (κ3) is 14.8. The largest absolute Gasteiger partial charge is 0.489 e. The Morgan fingerprint density at radius 3 is 1.49 bits per heavy atom. The first-order chi connectivity index (χ1) is 47.8. The second-order valence-corrected chi connectivity index (χ2v) is 26.1. The quantitative estimate of drug-likeness (QED) is 0.0231. The Kier molecular flexibility index (Phi) is 19.7. The normalized spacial score (nSPS) is 20.0. The van der Waals surface area contributed by atoms with Crippen molar-refractivity contribution in [1.29, 1.82) is 5.26 Å². The number of rotatable bonds is 22. The van der Waals surface area contributed by atoms with Crippen molar-refractivity contribution in [3.05, 3.63) is 237 Å². The van der Waals surface area contributed by atoms with E-state index in [1.54, 1.807) is 34.6 Å². The van der Waals surface area contributed by atoms with Gasteiger partial charge in [0.25, 0.3) is 0 Å². The minimum Gasteiger partial charge on any atom is -0.489 e. The first-order valence-electron chi connectivity index (χ1n) is 32.0. The second-order valence-electron chi connectivity index (χ2n) is 25.7. The number of amides is 5. The van der Waals surface area contributed by atoms with Gasteiger partial charge in [0, 0.05) is 60.7 Å². The summed E-state index contributed by atoms with van der Waals surface area (Å²) in [6, 6.07) is 55.5. The minimum absolute atomic E-state index is 0.0394. The number of para-hydroxylation sites is 3. The molecule has 4 aliphatic carbocycles. The van der Waals surface area contributed by atoms with Crippen molar-refractivity contribution in [3.8, 4) is 34.6 Å². The van der Waals surface area contributed by atoms with Crippen LogP contribution in [0.2, 0.25) is 5.02 Å². The lowest BCUT2D eigenvalue weighted by atomic mass is 9.92. The second kappa shape index (κ2) is 28.6. The molecule has 14 rings (SSSR count). The standard InChI is InChI=1S/C28H23ClFN3O4.C25H24FN3O4.C23H21N3O3/c29-21-7-3-1-6-19(21)24-12-17(18-5-2-4-8-23(18)32-24)15-37-25-10-9-16(11-22(25)30)13-28(27(31)35)14-20(28)26(34)33-36;26-19-9-14(11-25(24(27)31)12-18(25)23(30)29-32)5-8-22(19)33-13-16-10-21(15-6-7-15)28-20-4-2-1-3-17(16)20;1-15-10-17(19-4-2-3-5-21(19)25-15)13-29-18-8-6-16(7-9-18)11-23(14-24)12-20(23)22(27)26-28/h1-12,20,36H,13-15H2,(H2,31,35)(H,33,34);1-5,8-10,15,18,32H,6-7,11-13H2,(H2,27,31)(H,29,30);2-10,20,28H,11-13H2,1H3,(H,26,27)/t20-,28+;18-,25+;20-,23-/m111/s1. The number of hydroxylamine groups is 3. The Morgan fingerprint density at radius 1 is 0.545 bits per heavy atom. The van der Waals surface area contributed by atoms with E-state index < -0.39 is 75.2 Å². The van der Waals surface area contributed by atoms with Gasteiger partial charge < -0.3 is 25.7 Å². The van der Waals surface area contributed by atoms with Crippen LogP contribution in [0.4, 0.5) is 8.78 Å². The van der Waals surface area contributed by atoms with Crippen LogP contribution in [-0.4, -0.2) is 60.1 Å². The number of nitrogens with one attached hydrogen (secondary N) is 3. The van der Waals surface area contributed by atoms with Crippen molar-refractivity contribution in [2.24, 2.45) is 45.5 Å². The number of nitrogens with zero attached hydrogens (tertiary/aromatic N) is 4. The Hall–Kier alpha value is -11.0. The number of aromatic nitrogens is 3. The zero-order valence-electron chi connectivity index (χ0n) is 53.5. The number of primary amides is 2. The molecule has 4 saturated carbocycles. The van der Waals surface area contributed by atoms with Crippen LogP contribution in [-0.2, 0) is 63.1 Å². The van der Waals surface area contributed by atoms with Crippen molar-refractivity contribution in [1.82, 2.24) is 31.4 Å². The Labute approximate surface area is 571 Å². The van der Waals surface area contributed by atoms with Gasteiger partial charge in [0.15, 0.2) is 23.1 Å². The predicted octanol–water partition coefficient (Wildman–Crippen LogP) is 11.9. The molecule has 10 N–H and O–H groups in total. The maximum atomic E-state index is 15.0. The number of hydrogen-bond donors (Lipinski definition) is 8. The van der Waals surface area contributed by atoms with Gasteiger partial charge in [-0.25, -0.2) is 30.2 Å². The molecule has 6 atom stereocenters. The van der Waals surface area contributed by atoms with Gasteiger partial charge in [-0.3, -0.25) is 49.6 Å². The van der Waals surface area contributed by atoms with Gasteiger partial charge in [0.05, 0.1) is 62.3 Å². The van der Waals surface area contributed by atoms with Gasteiger partial charge in [-0.1, -0.05) is 109 Å². The number of nitriles is 1. The molecule has 7 aromatic carbocycles. The van der Waals surface area contributed by atoms with E-state index in [9.17, 15) is 38.0 Å². The van der Waals surface area contributed by atoms with Crippen LogP contribution in [0.25, 0.3) is 44.0 Å². The molecule has 10 aromatic rings. The average molecular weight is 1360 g/mol. The van der Waals surface area contributed by atoms with Crippen molar-refractivity contribution in [2.45, 2.75) is 84.0 Å². The third-order valence-electron chi connectivity index (χ3n) is 19.0. The van der Waals surface area contributed by atoms with Gasteiger partial charge >= 0.3 is 0 Å². The molecule has 4 aliphatic rings. The lowest BCUT2D eigenvalue weighted by molar-refractivity contribution is -0.134. The molecule has 20 nitrogen and oxygen atoms in total. The van der Waals surface area contributed by atoms with Crippen LogP contribution in [0.5, 0.6) is 17.2 Å². The van der Waals surface area contributed by atoms with Crippen molar-refractivity contribution in [2.75, 3.05) is 0 Å². The molecule has 3 heterocycles. The molecule has 3 aromatic heterocycles. The number of carbonyl (C=O) groups is 5. The van der Waals surface area contributed by atoms with E-state index in [1.807, 2.05) is 140 Å². The molecule has 99 heavy (non-hydrogen) atoms. The highest BCUT2D eigenvalue weighted by Gasteiger charge is 2.63. The summed E-state index contributed by atoms with van der Waals surface area (Å²) in [5.41, 5.74) is 23.7. The molecule has 5 amide bonds. The smallest absolute Gasteiger partial charge is 0.248 e. The summed E-state index contributed by atoms with van der Waals surface area (Å²) in [6.45, 7) is 2.69. The number of pyridine rings is 3. The number of ether oxygens (including phenoxy) is 3. The molecular weight excluding hydrogens is 1290 g/mol. The monoisotopic (exact) mass is 1360 g/mol. The van der Waals surface area contributed by atoms with Gasteiger partial charge in [0.2, 0.25) is 29.5 Å². The number of fused-ring (bicyclic) bond motifs is 3. The lowest BCUT2D eigenvalue weighted by Crippen LogP contribution is -2.33. The van der Waals surface area contributed by atoms with Crippen molar-refractivity contribution < 1.29 is 62.6 Å². The van der Waals surface area contributed by atoms with Crippen molar-refractivity contribution in [3.63, 3.8) is 0 Å². The van der Waals surface area contributed by atoms with E-state index in [2.05, 4.69) is 11.1 Å². The fraction of sp³-hybridized carbons (Fsp3) is 0.250. The van der Waals surface area contributed by atoms with Gasteiger partial charge in [-0.2, -0.15) is 5.26 Å². The zero-order chi connectivity index (χ0) is 69.8. The fourth-order valence-corrected chi connectivity index (χ4v) is 13.4. The van der Waals surface area contributed by atoms with E-state index in [0.29, 0.717) is 47.2 Å². The Bertz CT molecular complexity index is 4840. The molecule has 0 bridgehead atoms. The number of hydrogen-bond acceptors (Lipinski definition) is 15. The molecule has 4 fully saturated rings. The van der Waals surface area contributed by atoms with Crippen LogP contribution in [0.15, 0.2) is 176 Å². The molecular formula is C76H68ClF2N9O11. The summed E-state index contributed by atoms with van der Waals surface area (Å²) in [5, 5.41) is 39.5. The van der Waals surface area contributed by atoms with E-state index in [0.717, 1.165) is 90.5 Å². The first kappa shape index (κ1) is 68.0. The third-order valence-corrected chi connectivity index (χ3v) is 19.4. The number of aryl methyl sites for hydroxylation is 1. The summed E-state index contributed by atoms with van der Waals surface area (Å²) in [6.07, 6.45) is 3.79. The molecule has 0 unspecified atom stereocenters. The molecule has 0 saturated heterocycles. The van der Waals surface area contributed by atoms with Crippen LogP contribution in [0, 0.1) is 63.9 Å². The summed E-state index contributed by atoms with van der Waals surface area (Å²) < 4.78 is 47.5. The summed E-state index contributed by atoms with van der Waals surface area (Å²) in [7, 11) is 0. The first-order valence-corrected chi connectivity index (χ1v) is 32.4.